The van der Waals surface area contributed by atoms with Gasteiger partial charge in [-0.1, -0.05) is 42.5 Å². The first-order chi connectivity index (χ1) is 12.2. The Kier molecular flexibility index (Phi) is 6.59. The van der Waals surface area contributed by atoms with E-state index in [0.717, 1.165) is 5.56 Å². The lowest BCUT2D eigenvalue weighted by Crippen LogP contribution is -2.45. The molecule has 1 N–H and O–H groups in total. The molecule has 0 heterocycles. The Morgan fingerprint density at radius 3 is 2.27 bits per heavy atom. The van der Waals surface area contributed by atoms with Gasteiger partial charge in [0.15, 0.2) is 6.61 Å². The Hall–Kier alpha value is -2.14. The predicted molar refractivity (Wildman–Crippen MR) is 98.9 cm³/mol. The van der Waals surface area contributed by atoms with Gasteiger partial charge in [0.1, 0.15) is 11.6 Å². The third kappa shape index (κ3) is 5.99. The van der Waals surface area contributed by atoms with Crippen molar-refractivity contribution in [3.63, 3.8) is 0 Å². The van der Waals surface area contributed by atoms with E-state index in [0.29, 0.717) is 12.2 Å². The summed E-state index contributed by atoms with van der Waals surface area (Å²) in [5.41, 5.74) is 0.412. The standard InChI is InChI=1S/C20H22ClF2NO2/c1-19(2,24-18(25)13-21)12-15-8-10-17(11-9-15)26-14-20(22,23)16-6-4-3-5-7-16/h3-11H,12-14H2,1-2H3,(H,24,25). The summed E-state index contributed by atoms with van der Waals surface area (Å²) in [4.78, 5) is 11.4. The van der Waals surface area contributed by atoms with E-state index < -0.39 is 18.1 Å². The molecule has 0 aliphatic rings. The van der Waals surface area contributed by atoms with Crippen LogP contribution in [0.15, 0.2) is 54.6 Å². The SMILES string of the molecule is CC(C)(Cc1ccc(OCC(F)(F)c2ccccc2)cc1)NC(=O)CCl. The number of ether oxygens (including phenoxy) is 1. The fourth-order valence-electron chi connectivity index (χ4n) is 2.61. The summed E-state index contributed by atoms with van der Waals surface area (Å²) >= 11 is 5.51. The van der Waals surface area contributed by atoms with Crippen LogP contribution in [0.4, 0.5) is 8.78 Å². The van der Waals surface area contributed by atoms with Crippen molar-refractivity contribution in [2.24, 2.45) is 0 Å². The third-order valence-corrected chi connectivity index (χ3v) is 4.03. The summed E-state index contributed by atoms with van der Waals surface area (Å²) in [5.74, 6) is -3.02. The Bertz CT molecular complexity index is 718. The molecule has 0 saturated heterocycles. The van der Waals surface area contributed by atoms with Gasteiger partial charge < -0.3 is 10.1 Å². The molecule has 0 bridgehead atoms. The van der Waals surface area contributed by atoms with Gasteiger partial charge in [-0.2, -0.15) is 8.78 Å². The number of nitrogens with one attached hydrogen (secondary N) is 1. The zero-order valence-electron chi connectivity index (χ0n) is 14.8. The predicted octanol–water partition coefficient (Wildman–Crippen LogP) is 4.53. The lowest BCUT2D eigenvalue weighted by molar-refractivity contribution is -0.120. The first kappa shape index (κ1) is 20.2. The first-order valence-corrected chi connectivity index (χ1v) is 8.77. The largest absolute Gasteiger partial charge is 0.487 e. The van der Waals surface area contributed by atoms with E-state index in [1.54, 1.807) is 42.5 Å². The average molecular weight is 382 g/mol. The molecule has 0 aromatic heterocycles. The zero-order chi connectivity index (χ0) is 19.2. The molecule has 2 rings (SSSR count). The van der Waals surface area contributed by atoms with E-state index in [1.807, 2.05) is 13.8 Å². The molecule has 2 aromatic rings. The number of amides is 1. The molecule has 0 radical (unpaired) electrons. The molecule has 1 amide bonds. The summed E-state index contributed by atoms with van der Waals surface area (Å²) in [6.45, 7) is 3.05. The van der Waals surface area contributed by atoms with Crippen LogP contribution in [-0.4, -0.2) is 23.9 Å². The van der Waals surface area contributed by atoms with Crippen molar-refractivity contribution in [3.8, 4) is 5.75 Å². The van der Waals surface area contributed by atoms with Gasteiger partial charge in [0, 0.05) is 11.1 Å². The van der Waals surface area contributed by atoms with Crippen LogP contribution in [0.2, 0.25) is 0 Å². The molecule has 0 atom stereocenters. The monoisotopic (exact) mass is 381 g/mol. The number of benzene rings is 2. The summed E-state index contributed by atoms with van der Waals surface area (Å²) in [6.07, 6.45) is 0.579. The van der Waals surface area contributed by atoms with Crippen molar-refractivity contribution in [2.75, 3.05) is 12.5 Å². The number of hydrogen-bond donors (Lipinski definition) is 1. The van der Waals surface area contributed by atoms with E-state index in [1.165, 1.54) is 12.1 Å². The van der Waals surface area contributed by atoms with Gasteiger partial charge in [-0.05, 0) is 38.0 Å². The van der Waals surface area contributed by atoms with Crippen molar-refractivity contribution in [1.29, 1.82) is 0 Å². The highest BCUT2D eigenvalue weighted by molar-refractivity contribution is 6.27. The van der Waals surface area contributed by atoms with Crippen LogP contribution in [0.5, 0.6) is 5.75 Å². The lowest BCUT2D eigenvalue weighted by Gasteiger charge is -2.26. The molecular formula is C20H22ClF2NO2. The summed E-state index contributed by atoms with van der Waals surface area (Å²) < 4.78 is 33.5. The van der Waals surface area contributed by atoms with Gasteiger partial charge in [-0.15, -0.1) is 11.6 Å². The fourth-order valence-corrected chi connectivity index (χ4v) is 2.67. The summed E-state index contributed by atoms with van der Waals surface area (Å²) in [5, 5.41) is 2.83. The normalized spacial score (nSPS) is 11.9. The Balaban J connectivity index is 1.94. The van der Waals surface area contributed by atoms with Crippen molar-refractivity contribution < 1.29 is 18.3 Å². The zero-order valence-corrected chi connectivity index (χ0v) is 15.5. The first-order valence-electron chi connectivity index (χ1n) is 8.24. The van der Waals surface area contributed by atoms with Crippen molar-refractivity contribution >= 4 is 17.5 Å². The highest BCUT2D eigenvalue weighted by atomic mass is 35.5. The lowest BCUT2D eigenvalue weighted by atomic mass is 9.95. The molecule has 0 spiro atoms. The van der Waals surface area contributed by atoms with E-state index in [4.69, 9.17) is 16.3 Å². The van der Waals surface area contributed by atoms with E-state index in [-0.39, 0.29) is 17.4 Å². The quantitative estimate of drug-likeness (QED) is 0.682. The van der Waals surface area contributed by atoms with Gasteiger partial charge in [-0.25, -0.2) is 0 Å². The van der Waals surface area contributed by atoms with Gasteiger partial charge in [0.2, 0.25) is 5.91 Å². The molecule has 0 fully saturated rings. The van der Waals surface area contributed by atoms with E-state index in [2.05, 4.69) is 5.32 Å². The van der Waals surface area contributed by atoms with Crippen LogP contribution in [0.3, 0.4) is 0 Å². The maximum Gasteiger partial charge on any atom is 0.306 e. The smallest absolute Gasteiger partial charge is 0.306 e. The number of alkyl halides is 3. The molecule has 3 nitrogen and oxygen atoms in total. The van der Waals surface area contributed by atoms with E-state index >= 15 is 0 Å². The Morgan fingerprint density at radius 1 is 1.08 bits per heavy atom. The van der Waals surface area contributed by atoms with Crippen LogP contribution in [0.25, 0.3) is 0 Å². The minimum Gasteiger partial charge on any atom is -0.487 e. The van der Waals surface area contributed by atoms with Crippen molar-refractivity contribution in [1.82, 2.24) is 5.32 Å². The topological polar surface area (TPSA) is 38.3 Å². The van der Waals surface area contributed by atoms with Gasteiger partial charge in [-0.3, -0.25) is 4.79 Å². The number of carbonyl (C=O) groups is 1. The molecule has 26 heavy (non-hydrogen) atoms. The minimum atomic E-state index is -3.06. The summed E-state index contributed by atoms with van der Waals surface area (Å²) in [6, 6.07) is 14.5. The molecule has 6 heteroatoms. The number of rotatable bonds is 8. The van der Waals surface area contributed by atoms with Crippen molar-refractivity contribution in [2.45, 2.75) is 31.7 Å². The van der Waals surface area contributed by atoms with Crippen LogP contribution in [0.1, 0.15) is 25.0 Å². The molecule has 0 aliphatic carbocycles. The molecule has 2 aromatic carbocycles. The molecule has 0 saturated carbocycles. The number of halogens is 3. The minimum absolute atomic E-state index is 0.0756. The Labute approximate surface area is 157 Å². The Morgan fingerprint density at radius 2 is 1.69 bits per heavy atom. The number of carbonyl (C=O) groups excluding carboxylic acids is 1. The van der Waals surface area contributed by atoms with Crippen molar-refractivity contribution in [3.05, 3.63) is 65.7 Å². The second kappa shape index (κ2) is 8.49. The second-order valence-corrected chi connectivity index (χ2v) is 7.01. The van der Waals surface area contributed by atoms with Crippen LogP contribution < -0.4 is 10.1 Å². The summed E-state index contributed by atoms with van der Waals surface area (Å²) in [7, 11) is 0. The van der Waals surface area contributed by atoms with Gasteiger partial charge >= 0.3 is 5.92 Å². The highest BCUT2D eigenvalue weighted by Gasteiger charge is 2.32. The third-order valence-electron chi connectivity index (χ3n) is 3.78. The van der Waals surface area contributed by atoms with Gasteiger partial charge in [0.05, 0.1) is 0 Å². The molecule has 0 aliphatic heterocycles. The molecular weight excluding hydrogens is 360 g/mol. The van der Waals surface area contributed by atoms with E-state index in [9.17, 15) is 13.6 Å². The average Bonchev–Trinajstić information content (AvgIpc) is 2.61. The van der Waals surface area contributed by atoms with Gasteiger partial charge in [0.25, 0.3) is 0 Å². The maximum atomic E-state index is 14.1. The fraction of sp³-hybridized carbons (Fsp3) is 0.350. The second-order valence-electron chi connectivity index (χ2n) is 6.75. The molecule has 140 valence electrons. The molecule has 0 unspecified atom stereocenters. The van der Waals surface area contributed by atoms with Crippen LogP contribution in [-0.2, 0) is 17.1 Å². The number of hydrogen-bond acceptors (Lipinski definition) is 2. The maximum absolute atomic E-state index is 14.1. The van der Waals surface area contributed by atoms with Crippen LogP contribution in [0, 0.1) is 0 Å². The van der Waals surface area contributed by atoms with Crippen LogP contribution >= 0.6 is 11.6 Å². The highest BCUT2D eigenvalue weighted by Crippen LogP contribution is 2.29.